The Morgan fingerprint density at radius 2 is 1.36 bits per heavy atom. The summed E-state index contributed by atoms with van der Waals surface area (Å²) in [6.07, 6.45) is -10.2. The molecular weight excluding hydrogens is 300 g/mol. The molecule has 0 aromatic heterocycles. The molecular formula is C12H26N2O8. The zero-order chi connectivity index (χ0) is 17.0. The highest BCUT2D eigenvalue weighted by Gasteiger charge is 2.42. The second kappa shape index (κ2) is 8.45. The van der Waals surface area contributed by atoms with Crippen molar-refractivity contribution in [3.05, 3.63) is 0 Å². The van der Waals surface area contributed by atoms with Crippen LogP contribution in [0, 0.1) is 0 Å². The van der Waals surface area contributed by atoms with Crippen LogP contribution in [0.15, 0.2) is 0 Å². The van der Waals surface area contributed by atoms with Crippen molar-refractivity contribution in [3.8, 4) is 0 Å². The summed E-state index contributed by atoms with van der Waals surface area (Å²) in [6, 6.07) is -1.40. The summed E-state index contributed by atoms with van der Waals surface area (Å²) in [6.45, 7) is -1.34. The standard InChI is InChI=1S/C12H26N2O8/c13-4-1-5(14)9(19)12(8(4)18)22-3-7(17)11(21)10(20)6(16)2-15/h4-12,15-21H,1-3,13-14H2. The van der Waals surface area contributed by atoms with Gasteiger partial charge in [-0.25, -0.2) is 0 Å². The van der Waals surface area contributed by atoms with E-state index >= 15 is 0 Å². The third kappa shape index (κ3) is 4.55. The van der Waals surface area contributed by atoms with E-state index in [1.54, 1.807) is 0 Å². The van der Waals surface area contributed by atoms with Crippen LogP contribution in [0.25, 0.3) is 0 Å². The molecule has 0 aromatic carbocycles. The highest BCUT2D eigenvalue weighted by molar-refractivity contribution is 4.97. The monoisotopic (exact) mass is 326 g/mol. The molecule has 10 nitrogen and oxygen atoms in total. The SMILES string of the molecule is NC1CC(N)C(O)C(OCC(O)C(O)C(O)C(O)CO)C1O. The molecule has 1 fully saturated rings. The molecule has 22 heavy (non-hydrogen) atoms. The van der Waals surface area contributed by atoms with Crippen molar-refractivity contribution in [2.24, 2.45) is 11.5 Å². The second-order valence-electron chi connectivity index (χ2n) is 5.64. The number of rotatable bonds is 7. The molecule has 1 rings (SSSR count). The fourth-order valence-corrected chi connectivity index (χ4v) is 2.35. The van der Waals surface area contributed by atoms with Gasteiger partial charge in [-0.15, -0.1) is 0 Å². The van der Waals surface area contributed by atoms with Gasteiger partial charge in [0.15, 0.2) is 0 Å². The van der Waals surface area contributed by atoms with Gasteiger partial charge in [-0.2, -0.15) is 0 Å². The molecule has 0 aromatic rings. The zero-order valence-corrected chi connectivity index (χ0v) is 12.0. The van der Waals surface area contributed by atoms with Gasteiger partial charge in [0.25, 0.3) is 0 Å². The first kappa shape index (κ1) is 19.6. The van der Waals surface area contributed by atoms with Gasteiger partial charge in [-0.3, -0.25) is 0 Å². The third-order valence-electron chi connectivity index (χ3n) is 3.88. The van der Waals surface area contributed by atoms with Crippen LogP contribution in [0.2, 0.25) is 0 Å². The van der Waals surface area contributed by atoms with Gasteiger partial charge in [-0.05, 0) is 6.42 Å². The van der Waals surface area contributed by atoms with Crippen molar-refractivity contribution >= 4 is 0 Å². The first-order chi connectivity index (χ1) is 10.2. The lowest BCUT2D eigenvalue weighted by molar-refractivity contribution is -0.170. The Kier molecular flexibility index (Phi) is 7.55. The van der Waals surface area contributed by atoms with Crippen LogP contribution >= 0.6 is 0 Å². The smallest absolute Gasteiger partial charge is 0.112 e. The van der Waals surface area contributed by atoms with Crippen LogP contribution in [0.5, 0.6) is 0 Å². The Morgan fingerprint density at radius 1 is 0.909 bits per heavy atom. The Balaban J connectivity index is 2.56. The number of ether oxygens (including phenoxy) is 1. The lowest BCUT2D eigenvalue weighted by Gasteiger charge is -2.40. The molecule has 132 valence electrons. The Labute approximate surface area is 127 Å². The van der Waals surface area contributed by atoms with E-state index in [0.29, 0.717) is 0 Å². The van der Waals surface area contributed by atoms with E-state index < -0.39 is 68.0 Å². The average molecular weight is 326 g/mol. The quantitative estimate of drug-likeness (QED) is 0.217. The Hall–Kier alpha value is -0.400. The summed E-state index contributed by atoms with van der Waals surface area (Å²) < 4.78 is 5.17. The third-order valence-corrected chi connectivity index (χ3v) is 3.88. The van der Waals surface area contributed by atoms with E-state index in [-0.39, 0.29) is 6.42 Å². The highest BCUT2D eigenvalue weighted by atomic mass is 16.5. The molecule has 0 saturated heterocycles. The molecule has 1 aliphatic carbocycles. The fraction of sp³-hybridized carbons (Fsp3) is 1.00. The molecule has 1 saturated carbocycles. The van der Waals surface area contributed by atoms with E-state index in [0.717, 1.165) is 0 Å². The maximum atomic E-state index is 9.88. The van der Waals surface area contributed by atoms with Crippen LogP contribution in [0.3, 0.4) is 0 Å². The maximum Gasteiger partial charge on any atom is 0.112 e. The molecule has 0 heterocycles. The predicted molar refractivity (Wildman–Crippen MR) is 73.4 cm³/mol. The van der Waals surface area contributed by atoms with Crippen LogP contribution in [-0.4, -0.2) is 104 Å². The lowest BCUT2D eigenvalue weighted by Crippen LogP contribution is -2.62. The van der Waals surface area contributed by atoms with Crippen molar-refractivity contribution in [2.45, 2.75) is 61.2 Å². The number of hydrogen-bond acceptors (Lipinski definition) is 10. The number of nitrogens with two attached hydrogens (primary N) is 2. The van der Waals surface area contributed by atoms with Crippen molar-refractivity contribution in [1.82, 2.24) is 0 Å². The Bertz CT molecular complexity index is 322. The average Bonchev–Trinajstić information content (AvgIpc) is 2.50. The molecule has 1 aliphatic rings. The molecule has 0 amide bonds. The van der Waals surface area contributed by atoms with Crippen molar-refractivity contribution < 1.29 is 40.5 Å². The van der Waals surface area contributed by atoms with Crippen molar-refractivity contribution in [3.63, 3.8) is 0 Å². The van der Waals surface area contributed by atoms with Gasteiger partial charge in [0, 0.05) is 12.1 Å². The van der Waals surface area contributed by atoms with Gasteiger partial charge in [0.05, 0.1) is 25.4 Å². The van der Waals surface area contributed by atoms with E-state index in [4.69, 9.17) is 21.3 Å². The first-order valence-corrected chi connectivity index (χ1v) is 7.02. The maximum absolute atomic E-state index is 9.88. The molecule has 0 bridgehead atoms. The number of hydrogen-bond donors (Lipinski definition) is 9. The van der Waals surface area contributed by atoms with E-state index in [2.05, 4.69) is 0 Å². The Morgan fingerprint density at radius 3 is 1.82 bits per heavy atom. The molecule has 0 radical (unpaired) electrons. The van der Waals surface area contributed by atoms with E-state index in [1.165, 1.54) is 0 Å². The minimum Gasteiger partial charge on any atom is -0.394 e. The molecule has 0 spiro atoms. The van der Waals surface area contributed by atoms with Gasteiger partial charge >= 0.3 is 0 Å². The minimum atomic E-state index is -1.79. The molecule has 11 N–H and O–H groups in total. The van der Waals surface area contributed by atoms with Crippen LogP contribution < -0.4 is 11.5 Å². The largest absolute Gasteiger partial charge is 0.394 e. The topological polar surface area (TPSA) is 203 Å². The van der Waals surface area contributed by atoms with Gasteiger partial charge in [0.2, 0.25) is 0 Å². The predicted octanol–water partition coefficient (Wildman–Crippen LogP) is -5.41. The zero-order valence-electron chi connectivity index (χ0n) is 12.0. The van der Waals surface area contributed by atoms with Gasteiger partial charge < -0.3 is 51.9 Å². The van der Waals surface area contributed by atoms with Gasteiger partial charge in [0.1, 0.15) is 30.5 Å². The summed E-state index contributed by atoms with van der Waals surface area (Å²) >= 11 is 0. The summed E-state index contributed by atoms with van der Waals surface area (Å²) in [5.41, 5.74) is 11.3. The van der Waals surface area contributed by atoms with Crippen molar-refractivity contribution in [2.75, 3.05) is 13.2 Å². The van der Waals surface area contributed by atoms with Crippen LogP contribution in [0.1, 0.15) is 6.42 Å². The normalized spacial score (nSPS) is 38.3. The van der Waals surface area contributed by atoms with Crippen LogP contribution in [-0.2, 0) is 4.74 Å². The number of aliphatic hydroxyl groups is 7. The van der Waals surface area contributed by atoms with Gasteiger partial charge in [-0.1, -0.05) is 0 Å². The van der Waals surface area contributed by atoms with E-state index in [9.17, 15) is 30.6 Å². The lowest BCUT2D eigenvalue weighted by atomic mass is 9.85. The summed E-state index contributed by atoms with van der Waals surface area (Å²) in [7, 11) is 0. The molecule has 0 aliphatic heterocycles. The minimum absolute atomic E-state index is 0.203. The molecule has 8 atom stereocenters. The fourth-order valence-electron chi connectivity index (χ4n) is 2.35. The highest BCUT2D eigenvalue weighted by Crippen LogP contribution is 2.21. The second-order valence-corrected chi connectivity index (χ2v) is 5.64. The van der Waals surface area contributed by atoms with Crippen LogP contribution in [0.4, 0.5) is 0 Å². The molecule has 10 heteroatoms. The molecule has 8 unspecified atom stereocenters. The van der Waals surface area contributed by atoms with E-state index in [1.807, 2.05) is 0 Å². The first-order valence-electron chi connectivity index (χ1n) is 7.02. The summed E-state index contributed by atoms with van der Waals surface area (Å²) in [4.78, 5) is 0. The summed E-state index contributed by atoms with van der Waals surface area (Å²) in [5.74, 6) is 0. The van der Waals surface area contributed by atoms with Crippen molar-refractivity contribution in [1.29, 1.82) is 0 Å². The number of aliphatic hydroxyl groups excluding tert-OH is 7. The summed E-state index contributed by atoms with van der Waals surface area (Å²) in [5, 5.41) is 66.4.